The highest BCUT2D eigenvalue weighted by molar-refractivity contribution is 6.06. The van der Waals surface area contributed by atoms with E-state index in [4.69, 9.17) is 4.98 Å². The summed E-state index contributed by atoms with van der Waals surface area (Å²) < 4.78 is 1.73. The van der Waals surface area contributed by atoms with Crippen LogP contribution >= 0.6 is 0 Å². The topological polar surface area (TPSA) is 92.9 Å². The van der Waals surface area contributed by atoms with Crippen LogP contribution < -0.4 is 5.32 Å². The maximum atomic E-state index is 13.2. The molecular weight excluding hydrogens is 402 g/mol. The second kappa shape index (κ2) is 8.42. The van der Waals surface area contributed by atoms with Gasteiger partial charge in [-0.05, 0) is 68.5 Å². The van der Waals surface area contributed by atoms with Crippen LogP contribution in [0.15, 0.2) is 54.7 Å². The van der Waals surface area contributed by atoms with Gasteiger partial charge < -0.3 is 10.4 Å². The van der Waals surface area contributed by atoms with E-state index in [1.54, 1.807) is 23.0 Å². The summed E-state index contributed by atoms with van der Waals surface area (Å²) in [6.07, 6.45) is 5.57. The van der Waals surface area contributed by atoms with E-state index in [0.29, 0.717) is 29.5 Å². The minimum atomic E-state index is -0.103. The third-order valence-corrected chi connectivity index (χ3v) is 5.80. The molecule has 5 rings (SSSR count). The summed E-state index contributed by atoms with van der Waals surface area (Å²) in [5.74, 6) is 1.25. The Labute approximate surface area is 186 Å². The number of pyridine rings is 2. The third kappa shape index (κ3) is 4.06. The predicted octanol–water partition coefficient (Wildman–Crippen LogP) is 4.07. The molecule has 1 aliphatic rings. The second-order valence-electron chi connectivity index (χ2n) is 8.28. The molecule has 2 N–H and O–H groups in total. The van der Waals surface area contributed by atoms with Gasteiger partial charge in [0, 0.05) is 24.4 Å². The number of aryl methyl sites for hydroxylation is 2. The molecule has 0 unspecified atom stereocenters. The number of benzene rings is 1. The average Bonchev–Trinajstić information content (AvgIpc) is 3.61. The lowest BCUT2D eigenvalue weighted by molar-refractivity contribution is 0.0954. The third-order valence-electron chi connectivity index (χ3n) is 5.80. The lowest BCUT2D eigenvalue weighted by Crippen LogP contribution is -2.25. The molecule has 7 nitrogen and oxygen atoms in total. The van der Waals surface area contributed by atoms with Crippen molar-refractivity contribution in [2.75, 3.05) is 6.54 Å². The number of carbonyl (C=O) groups is 1. The molecule has 1 fully saturated rings. The van der Waals surface area contributed by atoms with Crippen LogP contribution in [0.2, 0.25) is 0 Å². The maximum absolute atomic E-state index is 13.2. The first-order valence-corrected chi connectivity index (χ1v) is 11.0. The largest absolute Gasteiger partial charge is 0.508 e. The summed E-state index contributed by atoms with van der Waals surface area (Å²) in [7, 11) is 0. The Bertz CT molecular complexity index is 1260. The zero-order valence-electron chi connectivity index (χ0n) is 18.0. The molecule has 1 amide bonds. The average molecular weight is 428 g/mol. The first-order chi connectivity index (χ1) is 15.6. The van der Waals surface area contributed by atoms with Gasteiger partial charge in [0.25, 0.3) is 5.91 Å². The molecule has 3 heterocycles. The van der Waals surface area contributed by atoms with Crippen molar-refractivity contribution < 1.29 is 9.90 Å². The first kappa shape index (κ1) is 20.2. The molecule has 0 bridgehead atoms. The van der Waals surface area contributed by atoms with Gasteiger partial charge in [-0.15, -0.1) is 0 Å². The molecule has 0 spiro atoms. The highest BCUT2D eigenvalue weighted by Gasteiger charge is 2.29. The molecule has 1 saturated carbocycles. The standard InChI is InChI=1S/C25H25N5O2/c1-16-23-20(25(32)27-14-4-5-17-7-11-19(31)12-8-17)15-21(18-9-10-18)28-24(23)30(29-16)22-6-2-3-13-26-22/h2-3,6-8,11-13,15,18,31H,4-5,9-10,14H2,1H3,(H,27,32). The SMILES string of the molecule is Cc1nn(-c2ccccn2)c2nc(C3CC3)cc(C(=O)NCCCc3ccc(O)cc3)c12. The number of hydrogen-bond donors (Lipinski definition) is 2. The van der Waals surface area contributed by atoms with E-state index < -0.39 is 0 Å². The molecule has 7 heteroatoms. The number of aromatic hydroxyl groups is 1. The van der Waals surface area contributed by atoms with Gasteiger partial charge in [0.1, 0.15) is 5.75 Å². The van der Waals surface area contributed by atoms with Crippen molar-refractivity contribution in [3.05, 3.63) is 77.2 Å². The smallest absolute Gasteiger partial charge is 0.252 e. The lowest BCUT2D eigenvalue weighted by Gasteiger charge is -2.10. The lowest BCUT2D eigenvalue weighted by atomic mass is 10.1. The van der Waals surface area contributed by atoms with Gasteiger partial charge in [-0.2, -0.15) is 9.78 Å². The second-order valence-corrected chi connectivity index (χ2v) is 8.28. The molecule has 1 aromatic carbocycles. The summed E-state index contributed by atoms with van der Waals surface area (Å²) in [4.78, 5) is 22.5. The number of amides is 1. The minimum absolute atomic E-state index is 0.103. The number of carbonyl (C=O) groups excluding carboxylic acids is 1. The van der Waals surface area contributed by atoms with E-state index in [0.717, 1.165) is 48.0 Å². The van der Waals surface area contributed by atoms with E-state index >= 15 is 0 Å². The maximum Gasteiger partial charge on any atom is 0.252 e. The molecule has 4 aromatic rings. The Morgan fingerprint density at radius 1 is 1.19 bits per heavy atom. The van der Waals surface area contributed by atoms with E-state index in [1.165, 1.54) is 0 Å². The summed E-state index contributed by atoms with van der Waals surface area (Å²) in [5, 5.41) is 17.9. The van der Waals surface area contributed by atoms with Gasteiger partial charge >= 0.3 is 0 Å². The van der Waals surface area contributed by atoms with Crippen LogP contribution in [0, 0.1) is 6.92 Å². The van der Waals surface area contributed by atoms with E-state index in [1.807, 2.05) is 43.3 Å². The van der Waals surface area contributed by atoms with Crippen LogP contribution in [0.5, 0.6) is 5.75 Å². The first-order valence-electron chi connectivity index (χ1n) is 11.0. The van der Waals surface area contributed by atoms with Gasteiger partial charge in [-0.25, -0.2) is 9.97 Å². The molecule has 0 atom stereocenters. The Hall–Kier alpha value is -3.74. The molecule has 0 saturated heterocycles. The van der Waals surface area contributed by atoms with Gasteiger partial charge in [-0.3, -0.25) is 4.79 Å². The van der Waals surface area contributed by atoms with Crippen LogP contribution in [0.3, 0.4) is 0 Å². The van der Waals surface area contributed by atoms with Crippen molar-refractivity contribution in [3.63, 3.8) is 0 Å². The number of hydrogen-bond acceptors (Lipinski definition) is 5. The fraction of sp³-hybridized carbons (Fsp3) is 0.280. The Morgan fingerprint density at radius 2 is 2.00 bits per heavy atom. The number of nitrogens with one attached hydrogen (secondary N) is 1. The number of rotatable bonds is 7. The molecule has 32 heavy (non-hydrogen) atoms. The zero-order chi connectivity index (χ0) is 22.1. The Balaban J connectivity index is 1.40. The van der Waals surface area contributed by atoms with Gasteiger partial charge in [-0.1, -0.05) is 18.2 Å². The van der Waals surface area contributed by atoms with Gasteiger partial charge in [0.15, 0.2) is 11.5 Å². The highest BCUT2D eigenvalue weighted by atomic mass is 16.3. The van der Waals surface area contributed by atoms with E-state index in [2.05, 4.69) is 15.4 Å². The van der Waals surface area contributed by atoms with E-state index in [-0.39, 0.29) is 11.7 Å². The van der Waals surface area contributed by atoms with Crippen molar-refractivity contribution in [2.24, 2.45) is 0 Å². The number of phenols is 1. The Kier molecular flexibility index (Phi) is 5.31. The Morgan fingerprint density at radius 3 is 2.72 bits per heavy atom. The predicted molar refractivity (Wildman–Crippen MR) is 122 cm³/mol. The fourth-order valence-electron chi connectivity index (χ4n) is 3.97. The monoisotopic (exact) mass is 427 g/mol. The van der Waals surface area contributed by atoms with Crippen molar-refractivity contribution in [3.8, 4) is 11.6 Å². The number of nitrogens with zero attached hydrogens (tertiary/aromatic N) is 4. The molecule has 162 valence electrons. The summed E-state index contributed by atoms with van der Waals surface area (Å²) in [6, 6.07) is 14.8. The van der Waals surface area contributed by atoms with Crippen LogP contribution in [-0.4, -0.2) is 37.3 Å². The van der Waals surface area contributed by atoms with Crippen molar-refractivity contribution in [1.29, 1.82) is 0 Å². The van der Waals surface area contributed by atoms with Crippen molar-refractivity contribution in [2.45, 2.75) is 38.5 Å². The van der Waals surface area contributed by atoms with Gasteiger partial charge in [0.05, 0.1) is 16.6 Å². The molecular formula is C25H25N5O2. The van der Waals surface area contributed by atoms with E-state index in [9.17, 15) is 9.90 Å². The van der Waals surface area contributed by atoms with Crippen LogP contribution in [0.25, 0.3) is 16.9 Å². The minimum Gasteiger partial charge on any atom is -0.508 e. The van der Waals surface area contributed by atoms with Crippen molar-refractivity contribution >= 4 is 16.9 Å². The zero-order valence-corrected chi connectivity index (χ0v) is 18.0. The summed E-state index contributed by atoms with van der Waals surface area (Å²) >= 11 is 0. The number of phenolic OH excluding ortho intramolecular Hbond substituents is 1. The van der Waals surface area contributed by atoms with Crippen LogP contribution in [-0.2, 0) is 6.42 Å². The van der Waals surface area contributed by atoms with Crippen LogP contribution in [0.1, 0.15) is 52.5 Å². The number of aromatic nitrogens is 4. The fourth-order valence-corrected chi connectivity index (χ4v) is 3.97. The molecule has 0 radical (unpaired) electrons. The van der Waals surface area contributed by atoms with Crippen molar-refractivity contribution in [1.82, 2.24) is 25.1 Å². The quantitative estimate of drug-likeness (QED) is 0.434. The van der Waals surface area contributed by atoms with Crippen LogP contribution in [0.4, 0.5) is 0 Å². The molecule has 1 aliphatic carbocycles. The number of fused-ring (bicyclic) bond motifs is 1. The molecule has 0 aliphatic heterocycles. The summed E-state index contributed by atoms with van der Waals surface area (Å²) in [5.41, 5.74) is 4.14. The highest BCUT2D eigenvalue weighted by Crippen LogP contribution is 2.40. The summed E-state index contributed by atoms with van der Waals surface area (Å²) in [6.45, 7) is 2.47. The van der Waals surface area contributed by atoms with Gasteiger partial charge in [0.2, 0.25) is 0 Å². The molecule has 3 aromatic heterocycles. The normalized spacial score (nSPS) is 13.4.